The Kier molecular flexibility index (Phi) is 1.82. The van der Waals surface area contributed by atoms with Gasteiger partial charge in [-0.05, 0) is 17.4 Å². The van der Waals surface area contributed by atoms with Crippen LogP contribution in [-0.2, 0) is 4.79 Å². The Morgan fingerprint density at radius 1 is 1.64 bits per heavy atom. The van der Waals surface area contributed by atoms with Gasteiger partial charge in [0, 0.05) is 18.7 Å². The van der Waals surface area contributed by atoms with Gasteiger partial charge in [0.05, 0.1) is 5.75 Å². The van der Waals surface area contributed by atoms with Crippen molar-refractivity contribution in [2.45, 2.75) is 6.42 Å². The van der Waals surface area contributed by atoms with E-state index >= 15 is 0 Å². The van der Waals surface area contributed by atoms with Crippen LogP contribution in [0.4, 0.5) is 0 Å². The Morgan fingerprint density at radius 3 is 3.36 bits per heavy atom. The predicted octanol–water partition coefficient (Wildman–Crippen LogP) is 1.28. The van der Waals surface area contributed by atoms with Gasteiger partial charge in [-0.1, -0.05) is 0 Å². The molecule has 0 amide bonds. The highest BCUT2D eigenvalue weighted by molar-refractivity contribution is 8.02. The van der Waals surface area contributed by atoms with E-state index in [0.29, 0.717) is 11.5 Å². The van der Waals surface area contributed by atoms with Gasteiger partial charge in [0.1, 0.15) is 0 Å². The first-order valence-electron chi connectivity index (χ1n) is 3.72. The molecule has 0 fully saturated rings. The molecule has 3 heteroatoms. The van der Waals surface area contributed by atoms with Crippen molar-refractivity contribution in [2.75, 3.05) is 12.3 Å². The maximum absolute atomic E-state index is 11.3. The quantitative estimate of drug-likeness (QED) is 0.544. The molecular formula is C8H9NOS. The van der Waals surface area contributed by atoms with Crippen LogP contribution in [0.15, 0.2) is 16.0 Å². The van der Waals surface area contributed by atoms with Crippen molar-refractivity contribution in [3.8, 4) is 0 Å². The molecule has 0 saturated heterocycles. The lowest BCUT2D eigenvalue weighted by Crippen LogP contribution is -2.25. The molecule has 2 aliphatic heterocycles. The van der Waals surface area contributed by atoms with Crippen molar-refractivity contribution < 1.29 is 4.79 Å². The molecule has 0 saturated carbocycles. The van der Waals surface area contributed by atoms with Crippen LogP contribution in [0, 0.1) is 5.92 Å². The fourth-order valence-corrected chi connectivity index (χ4v) is 2.28. The SMILES string of the molecule is O=C1CSC=C2C=NCCC12. The summed E-state index contributed by atoms with van der Waals surface area (Å²) in [5.74, 6) is 1.20. The third-order valence-electron chi connectivity index (χ3n) is 2.02. The van der Waals surface area contributed by atoms with Crippen LogP contribution in [0.5, 0.6) is 0 Å². The first-order chi connectivity index (χ1) is 5.38. The summed E-state index contributed by atoms with van der Waals surface area (Å²) in [7, 11) is 0. The molecular weight excluding hydrogens is 158 g/mol. The van der Waals surface area contributed by atoms with E-state index in [4.69, 9.17) is 0 Å². The van der Waals surface area contributed by atoms with Crippen molar-refractivity contribution in [3.63, 3.8) is 0 Å². The number of hydrogen-bond donors (Lipinski definition) is 0. The number of nitrogens with zero attached hydrogens (tertiary/aromatic N) is 1. The van der Waals surface area contributed by atoms with Crippen LogP contribution in [0.1, 0.15) is 6.42 Å². The summed E-state index contributed by atoms with van der Waals surface area (Å²) in [6.45, 7) is 0.818. The summed E-state index contributed by atoms with van der Waals surface area (Å²) < 4.78 is 0. The van der Waals surface area contributed by atoms with Gasteiger partial charge in [-0.15, -0.1) is 11.8 Å². The van der Waals surface area contributed by atoms with Crippen LogP contribution >= 0.6 is 11.8 Å². The van der Waals surface area contributed by atoms with Crippen molar-refractivity contribution >= 4 is 23.8 Å². The van der Waals surface area contributed by atoms with Crippen LogP contribution in [0.25, 0.3) is 0 Å². The van der Waals surface area contributed by atoms with E-state index in [1.165, 1.54) is 0 Å². The number of carbonyl (C=O) groups excluding carboxylic acids is 1. The van der Waals surface area contributed by atoms with Gasteiger partial charge in [0.15, 0.2) is 5.78 Å². The minimum Gasteiger partial charge on any atom is -0.298 e. The standard InChI is InChI=1S/C8H9NOS/c10-8-5-11-4-6-3-9-2-1-7(6)8/h3-4,7H,1-2,5H2. The van der Waals surface area contributed by atoms with Gasteiger partial charge in [-0.25, -0.2) is 0 Å². The van der Waals surface area contributed by atoms with Gasteiger partial charge in [-0.3, -0.25) is 9.79 Å². The van der Waals surface area contributed by atoms with Crippen molar-refractivity contribution in [1.29, 1.82) is 0 Å². The fraction of sp³-hybridized carbons (Fsp3) is 0.500. The number of rotatable bonds is 0. The van der Waals surface area contributed by atoms with Crippen LogP contribution in [0.2, 0.25) is 0 Å². The maximum atomic E-state index is 11.3. The minimum absolute atomic E-state index is 0.175. The topological polar surface area (TPSA) is 29.4 Å². The largest absolute Gasteiger partial charge is 0.298 e. The number of allylic oxidation sites excluding steroid dienone is 1. The van der Waals surface area contributed by atoms with E-state index in [2.05, 4.69) is 10.4 Å². The highest BCUT2D eigenvalue weighted by Gasteiger charge is 2.26. The number of aliphatic imine (C=N–C) groups is 1. The number of carbonyl (C=O) groups is 1. The highest BCUT2D eigenvalue weighted by atomic mass is 32.2. The smallest absolute Gasteiger partial charge is 0.150 e. The van der Waals surface area contributed by atoms with Gasteiger partial charge < -0.3 is 0 Å². The fourth-order valence-electron chi connectivity index (χ4n) is 1.41. The Balaban J connectivity index is 2.30. The van der Waals surface area contributed by atoms with Crippen molar-refractivity contribution in [2.24, 2.45) is 10.9 Å². The number of ketones is 1. The minimum atomic E-state index is 0.175. The molecule has 0 aromatic rings. The molecule has 2 nitrogen and oxygen atoms in total. The zero-order valence-electron chi connectivity index (χ0n) is 6.12. The molecule has 0 aliphatic carbocycles. The van der Waals surface area contributed by atoms with Crippen LogP contribution in [0.3, 0.4) is 0 Å². The van der Waals surface area contributed by atoms with Gasteiger partial charge >= 0.3 is 0 Å². The summed E-state index contributed by atoms with van der Waals surface area (Å²) in [5, 5.41) is 2.06. The van der Waals surface area contributed by atoms with E-state index < -0.39 is 0 Å². The van der Waals surface area contributed by atoms with Gasteiger partial charge in [-0.2, -0.15) is 0 Å². The molecule has 0 aromatic heterocycles. The Labute approximate surface area is 69.8 Å². The summed E-state index contributed by atoms with van der Waals surface area (Å²) >= 11 is 1.59. The molecule has 2 aliphatic rings. The van der Waals surface area contributed by atoms with E-state index in [0.717, 1.165) is 18.5 Å². The van der Waals surface area contributed by atoms with Crippen LogP contribution in [-0.4, -0.2) is 24.3 Å². The molecule has 0 spiro atoms. The second kappa shape index (κ2) is 2.81. The maximum Gasteiger partial charge on any atom is 0.150 e. The number of fused-ring (bicyclic) bond motifs is 1. The first-order valence-corrected chi connectivity index (χ1v) is 4.77. The molecule has 1 unspecified atom stereocenters. The predicted molar refractivity (Wildman–Crippen MR) is 47.0 cm³/mol. The molecule has 0 radical (unpaired) electrons. The van der Waals surface area contributed by atoms with E-state index in [9.17, 15) is 4.79 Å². The molecule has 11 heavy (non-hydrogen) atoms. The molecule has 58 valence electrons. The van der Waals surface area contributed by atoms with E-state index in [1.807, 2.05) is 6.21 Å². The molecule has 2 heterocycles. The second-order valence-corrected chi connectivity index (χ2v) is 3.63. The molecule has 0 bridgehead atoms. The lowest BCUT2D eigenvalue weighted by atomic mass is 9.91. The Morgan fingerprint density at radius 2 is 2.55 bits per heavy atom. The second-order valence-electron chi connectivity index (χ2n) is 2.77. The summed E-state index contributed by atoms with van der Waals surface area (Å²) in [6, 6.07) is 0. The lowest BCUT2D eigenvalue weighted by Gasteiger charge is -2.22. The monoisotopic (exact) mass is 167 g/mol. The van der Waals surface area contributed by atoms with Crippen molar-refractivity contribution in [3.05, 3.63) is 11.0 Å². The Bertz CT molecular complexity index is 244. The molecule has 1 atom stereocenters. The first kappa shape index (κ1) is 7.10. The average Bonchev–Trinajstić information content (AvgIpc) is 2.06. The number of Topliss-reactive ketones (excluding diaryl/α,β-unsaturated/α-hetero) is 1. The zero-order valence-corrected chi connectivity index (χ0v) is 6.93. The van der Waals surface area contributed by atoms with Crippen LogP contribution < -0.4 is 0 Å². The molecule has 0 aromatic carbocycles. The van der Waals surface area contributed by atoms with Gasteiger partial charge in [0.2, 0.25) is 0 Å². The molecule has 0 N–H and O–H groups in total. The third-order valence-corrected chi connectivity index (χ3v) is 2.91. The summed E-state index contributed by atoms with van der Waals surface area (Å²) in [5.41, 5.74) is 1.12. The Hall–Kier alpha value is -0.570. The number of hydrogen-bond acceptors (Lipinski definition) is 3. The summed E-state index contributed by atoms with van der Waals surface area (Å²) in [6.07, 6.45) is 2.76. The number of thioether (sulfide) groups is 1. The zero-order chi connectivity index (χ0) is 7.68. The third kappa shape index (κ3) is 1.25. The van der Waals surface area contributed by atoms with Gasteiger partial charge in [0.25, 0.3) is 0 Å². The lowest BCUT2D eigenvalue weighted by molar-refractivity contribution is -0.119. The summed E-state index contributed by atoms with van der Waals surface area (Å²) in [4.78, 5) is 15.4. The highest BCUT2D eigenvalue weighted by Crippen LogP contribution is 2.27. The normalized spacial score (nSPS) is 29.6. The molecule has 2 rings (SSSR count). The average molecular weight is 167 g/mol. The van der Waals surface area contributed by atoms with E-state index in [-0.39, 0.29) is 5.92 Å². The van der Waals surface area contributed by atoms with E-state index in [1.54, 1.807) is 11.8 Å². The van der Waals surface area contributed by atoms with Crippen molar-refractivity contribution in [1.82, 2.24) is 0 Å².